The lowest BCUT2D eigenvalue weighted by Crippen LogP contribution is -2.54. The highest BCUT2D eigenvalue weighted by Crippen LogP contribution is 2.39. The molecule has 0 aliphatic heterocycles. The lowest BCUT2D eigenvalue weighted by atomic mass is 9.71. The Morgan fingerprint density at radius 2 is 2.00 bits per heavy atom. The van der Waals surface area contributed by atoms with Crippen LogP contribution in [0.25, 0.3) is 0 Å². The van der Waals surface area contributed by atoms with Gasteiger partial charge in [-0.3, -0.25) is 4.90 Å². The van der Waals surface area contributed by atoms with Gasteiger partial charge in [-0.25, -0.2) is 0 Å². The zero-order chi connectivity index (χ0) is 15.5. The normalized spacial score (nSPS) is 26.5. The first-order valence-corrected chi connectivity index (χ1v) is 8.92. The van der Waals surface area contributed by atoms with E-state index >= 15 is 0 Å². The number of nitrogens with zero attached hydrogens (tertiary/aromatic N) is 1. The second kappa shape index (κ2) is 7.26. The zero-order valence-corrected chi connectivity index (χ0v) is 15.2. The predicted molar refractivity (Wildman–Crippen MR) is 94.2 cm³/mol. The van der Waals surface area contributed by atoms with E-state index in [1.807, 2.05) is 0 Å². The summed E-state index contributed by atoms with van der Waals surface area (Å²) in [7, 11) is 2.25. The first kappa shape index (κ1) is 17.0. The van der Waals surface area contributed by atoms with Gasteiger partial charge < -0.3 is 5.73 Å². The minimum Gasteiger partial charge on any atom is -0.329 e. The van der Waals surface area contributed by atoms with Crippen LogP contribution in [-0.2, 0) is 6.54 Å². The van der Waals surface area contributed by atoms with Crippen LogP contribution in [0.2, 0.25) is 0 Å². The largest absolute Gasteiger partial charge is 0.329 e. The van der Waals surface area contributed by atoms with Gasteiger partial charge in [-0.1, -0.05) is 54.8 Å². The number of hydrogen-bond donors (Lipinski definition) is 1. The van der Waals surface area contributed by atoms with Crippen LogP contribution in [-0.4, -0.2) is 24.0 Å². The molecule has 0 saturated heterocycles. The summed E-state index contributed by atoms with van der Waals surface area (Å²) in [6, 6.07) is 8.65. The van der Waals surface area contributed by atoms with Crippen molar-refractivity contribution in [2.24, 2.45) is 17.6 Å². The molecule has 1 fully saturated rings. The smallest absolute Gasteiger partial charge is 0.0334 e. The Kier molecular flexibility index (Phi) is 5.87. The van der Waals surface area contributed by atoms with Gasteiger partial charge >= 0.3 is 0 Å². The Balaban J connectivity index is 2.09. The van der Waals surface area contributed by atoms with Crippen LogP contribution in [0.5, 0.6) is 0 Å². The zero-order valence-electron chi connectivity index (χ0n) is 13.6. The minimum absolute atomic E-state index is 0.181. The molecule has 21 heavy (non-hydrogen) atoms. The molecule has 1 aliphatic carbocycles. The van der Waals surface area contributed by atoms with Crippen molar-refractivity contribution in [1.82, 2.24) is 4.90 Å². The van der Waals surface area contributed by atoms with Crippen LogP contribution in [0.15, 0.2) is 28.7 Å². The highest BCUT2D eigenvalue weighted by molar-refractivity contribution is 9.10. The molecular formula is C18H29BrN2. The van der Waals surface area contributed by atoms with Gasteiger partial charge in [-0.05, 0) is 49.4 Å². The molecule has 1 aromatic carbocycles. The monoisotopic (exact) mass is 352 g/mol. The van der Waals surface area contributed by atoms with E-state index < -0.39 is 0 Å². The highest BCUT2D eigenvalue weighted by atomic mass is 79.9. The predicted octanol–water partition coefficient (Wildman–Crippen LogP) is 4.42. The van der Waals surface area contributed by atoms with E-state index in [9.17, 15) is 0 Å². The summed E-state index contributed by atoms with van der Waals surface area (Å²) in [5.41, 5.74) is 7.77. The molecule has 0 spiro atoms. The van der Waals surface area contributed by atoms with Gasteiger partial charge in [0.1, 0.15) is 0 Å². The molecule has 0 heterocycles. The lowest BCUT2D eigenvalue weighted by molar-refractivity contribution is 0.0396. The Labute approximate surface area is 138 Å². The molecule has 2 atom stereocenters. The summed E-state index contributed by atoms with van der Waals surface area (Å²) >= 11 is 3.50. The Bertz CT molecular complexity index is 443. The maximum Gasteiger partial charge on any atom is 0.0334 e. The third-order valence-corrected chi connectivity index (χ3v) is 5.85. The van der Waals surface area contributed by atoms with Crippen LogP contribution in [0.1, 0.15) is 45.1 Å². The number of benzene rings is 1. The lowest BCUT2D eigenvalue weighted by Gasteiger charge is -2.47. The van der Waals surface area contributed by atoms with Crippen molar-refractivity contribution in [2.45, 2.75) is 51.6 Å². The summed E-state index contributed by atoms with van der Waals surface area (Å²) in [6.07, 6.45) is 5.16. The average molecular weight is 353 g/mol. The molecule has 2 N–H and O–H groups in total. The Hall–Kier alpha value is -0.380. The third-order valence-electron chi connectivity index (χ3n) is 5.32. The molecule has 2 rings (SSSR count). The van der Waals surface area contributed by atoms with Crippen LogP contribution in [0, 0.1) is 11.8 Å². The van der Waals surface area contributed by atoms with Crippen molar-refractivity contribution in [3.63, 3.8) is 0 Å². The van der Waals surface area contributed by atoms with Crippen LogP contribution >= 0.6 is 15.9 Å². The van der Waals surface area contributed by atoms with Gasteiger partial charge in [0.25, 0.3) is 0 Å². The van der Waals surface area contributed by atoms with E-state index in [-0.39, 0.29) is 5.54 Å². The number of nitrogens with two attached hydrogens (primary N) is 1. The molecule has 0 radical (unpaired) electrons. The Morgan fingerprint density at radius 1 is 1.33 bits per heavy atom. The van der Waals surface area contributed by atoms with E-state index in [4.69, 9.17) is 5.73 Å². The molecule has 0 amide bonds. The SMILES string of the molecule is CC(C)C1CCCC(CN)(N(C)Cc2ccc(Br)cc2)C1. The van der Waals surface area contributed by atoms with E-state index in [0.717, 1.165) is 29.4 Å². The van der Waals surface area contributed by atoms with Crippen molar-refractivity contribution in [3.05, 3.63) is 34.3 Å². The third kappa shape index (κ3) is 4.08. The molecule has 0 bridgehead atoms. The van der Waals surface area contributed by atoms with E-state index in [1.54, 1.807) is 0 Å². The molecule has 2 nitrogen and oxygen atoms in total. The molecule has 3 heteroatoms. The fourth-order valence-electron chi connectivity index (χ4n) is 3.67. The molecular weight excluding hydrogens is 324 g/mol. The fourth-order valence-corrected chi connectivity index (χ4v) is 3.94. The molecule has 0 aromatic heterocycles. The maximum absolute atomic E-state index is 6.23. The summed E-state index contributed by atoms with van der Waals surface area (Å²) in [5.74, 6) is 1.58. The van der Waals surface area contributed by atoms with Gasteiger partial charge in [0.15, 0.2) is 0 Å². The molecule has 118 valence electrons. The van der Waals surface area contributed by atoms with Crippen molar-refractivity contribution in [3.8, 4) is 0 Å². The molecule has 1 aliphatic rings. The number of halogens is 1. The summed E-state index contributed by atoms with van der Waals surface area (Å²) in [5, 5.41) is 0. The van der Waals surface area contributed by atoms with Crippen LogP contribution < -0.4 is 5.73 Å². The van der Waals surface area contributed by atoms with Gasteiger partial charge in [0.05, 0.1) is 0 Å². The standard InChI is InChI=1S/C18H29BrN2/c1-14(2)16-5-4-10-18(11-16,13-20)21(3)12-15-6-8-17(19)9-7-15/h6-9,14,16H,4-5,10-13,20H2,1-3H3. The first-order valence-electron chi connectivity index (χ1n) is 8.12. The fraction of sp³-hybridized carbons (Fsp3) is 0.667. The second-order valence-corrected chi connectivity index (χ2v) is 7.93. The molecule has 1 aromatic rings. The van der Waals surface area contributed by atoms with Crippen LogP contribution in [0.3, 0.4) is 0 Å². The van der Waals surface area contributed by atoms with Gasteiger partial charge in [-0.15, -0.1) is 0 Å². The number of rotatable bonds is 5. The van der Waals surface area contributed by atoms with Gasteiger partial charge in [0, 0.05) is 23.1 Å². The van der Waals surface area contributed by atoms with E-state index in [0.29, 0.717) is 0 Å². The molecule has 1 saturated carbocycles. The summed E-state index contributed by atoms with van der Waals surface area (Å²) < 4.78 is 1.14. The van der Waals surface area contributed by atoms with E-state index in [1.165, 1.54) is 31.2 Å². The van der Waals surface area contributed by atoms with Crippen molar-refractivity contribution < 1.29 is 0 Å². The molecule has 2 unspecified atom stereocenters. The minimum atomic E-state index is 0.181. The first-order chi connectivity index (χ1) is 9.97. The number of likely N-dealkylation sites (N-methyl/N-ethyl adjacent to an activating group) is 1. The van der Waals surface area contributed by atoms with Gasteiger partial charge in [-0.2, -0.15) is 0 Å². The highest BCUT2D eigenvalue weighted by Gasteiger charge is 2.39. The second-order valence-electron chi connectivity index (χ2n) is 7.01. The van der Waals surface area contributed by atoms with Crippen LogP contribution in [0.4, 0.5) is 0 Å². The van der Waals surface area contributed by atoms with E-state index in [2.05, 4.69) is 66.0 Å². The van der Waals surface area contributed by atoms with Gasteiger partial charge in [0.2, 0.25) is 0 Å². The average Bonchev–Trinajstić information content (AvgIpc) is 2.49. The summed E-state index contributed by atoms with van der Waals surface area (Å²) in [4.78, 5) is 2.50. The van der Waals surface area contributed by atoms with Crippen molar-refractivity contribution >= 4 is 15.9 Å². The Morgan fingerprint density at radius 3 is 2.57 bits per heavy atom. The topological polar surface area (TPSA) is 29.3 Å². The van der Waals surface area contributed by atoms with Crippen molar-refractivity contribution in [2.75, 3.05) is 13.6 Å². The number of hydrogen-bond acceptors (Lipinski definition) is 2. The van der Waals surface area contributed by atoms with Crippen molar-refractivity contribution in [1.29, 1.82) is 0 Å². The quantitative estimate of drug-likeness (QED) is 0.849. The maximum atomic E-state index is 6.23. The summed E-state index contributed by atoms with van der Waals surface area (Å²) in [6.45, 7) is 6.45.